The molecule has 0 saturated carbocycles. The van der Waals surface area contributed by atoms with Gasteiger partial charge in [0, 0.05) is 11.8 Å². The van der Waals surface area contributed by atoms with E-state index in [4.69, 9.17) is 4.74 Å². The minimum Gasteiger partial charge on any atom is -0.497 e. The van der Waals surface area contributed by atoms with E-state index in [0.717, 1.165) is 6.26 Å². The van der Waals surface area contributed by atoms with Crippen LogP contribution < -0.4 is 10.1 Å². The van der Waals surface area contributed by atoms with Gasteiger partial charge in [0.25, 0.3) is 5.91 Å². The zero-order valence-corrected chi connectivity index (χ0v) is 14.6. The van der Waals surface area contributed by atoms with Crippen molar-refractivity contribution in [1.29, 1.82) is 0 Å². The Bertz CT molecular complexity index is 1030. The molecular weight excluding hydrogens is 348 g/mol. The molecule has 0 saturated heterocycles. The fourth-order valence-corrected chi connectivity index (χ4v) is 3.74. The Labute approximate surface area is 143 Å². The third-order valence-corrected chi connectivity index (χ3v) is 5.38. The number of aromatic nitrogens is 1. The van der Waals surface area contributed by atoms with Crippen molar-refractivity contribution >= 4 is 42.4 Å². The predicted molar refractivity (Wildman–Crippen MR) is 93.7 cm³/mol. The normalized spacial score (nSPS) is 11.4. The smallest absolute Gasteiger partial charge is 0.257 e. The summed E-state index contributed by atoms with van der Waals surface area (Å²) in [4.78, 5) is 16.8. The van der Waals surface area contributed by atoms with Crippen LogP contribution in [0, 0.1) is 0 Å². The van der Waals surface area contributed by atoms with Gasteiger partial charge >= 0.3 is 0 Å². The van der Waals surface area contributed by atoms with E-state index < -0.39 is 9.84 Å². The van der Waals surface area contributed by atoms with Crippen LogP contribution in [0.5, 0.6) is 5.75 Å². The molecule has 0 spiro atoms. The zero-order valence-electron chi connectivity index (χ0n) is 12.9. The van der Waals surface area contributed by atoms with Crippen molar-refractivity contribution in [2.45, 2.75) is 4.90 Å². The highest BCUT2D eigenvalue weighted by atomic mass is 32.2. The molecule has 3 rings (SSSR count). The van der Waals surface area contributed by atoms with Gasteiger partial charge in [0.1, 0.15) is 5.75 Å². The van der Waals surface area contributed by atoms with E-state index >= 15 is 0 Å². The molecule has 24 heavy (non-hydrogen) atoms. The summed E-state index contributed by atoms with van der Waals surface area (Å²) in [5.41, 5.74) is 1.08. The van der Waals surface area contributed by atoms with Crippen LogP contribution in [-0.4, -0.2) is 32.7 Å². The Hall–Kier alpha value is -2.45. The van der Waals surface area contributed by atoms with Crippen LogP contribution in [0.1, 0.15) is 10.4 Å². The number of hydrogen-bond acceptors (Lipinski definition) is 6. The molecule has 1 amide bonds. The third-order valence-electron chi connectivity index (χ3n) is 3.34. The number of anilines is 1. The van der Waals surface area contributed by atoms with Crippen LogP contribution in [0.25, 0.3) is 10.2 Å². The molecule has 1 aromatic heterocycles. The van der Waals surface area contributed by atoms with E-state index in [-0.39, 0.29) is 10.8 Å². The molecule has 3 aromatic rings. The van der Waals surface area contributed by atoms with E-state index in [1.807, 2.05) is 0 Å². The molecule has 0 aliphatic rings. The van der Waals surface area contributed by atoms with Crippen LogP contribution in [-0.2, 0) is 9.84 Å². The van der Waals surface area contributed by atoms with Gasteiger partial charge in [-0.15, -0.1) is 0 Å². The number of carbonyl (C=O) groups is 1. The molecule has 0 fully saturated rings. The summed E-state index contributed by atoms with van der Waals surface area (Å²) >= 11 is 1.22. The maximum absolute atomic E-state index is 12.3. The maximum Gasteiger partial charge on any atom is 0.257 e. The summed E-state index contributed by atoms with van der Waals surface area (Å²) < 4.78 is 29.0. The van der Waals surface area contributed by atoms with Gasteiger partial charge < -0.3 is 4.74 Å². The second-order valence-corrected chi connectivity index (χ2v) is 8.15. The van der Waals surface area contributed by atoms with Crippen molar-refractivity contribution in [3.05, 3.63) is 48.0 Å². The SMILES string of the molecule is COc1cccc(C(=O)Nc2nc3ccc(S(C)(=O)=O)cc3s2)c1. The number of ether oxygens (including phenoxy) is 1. The minimum atomic E-state index is -3.28. The molecule has 0 atom stereocenters. The Morgan fingerprint density at radius 2 is 2.00 bits per heavy atom. The lowest BCUT2D eigenvalue weighted by molar-refractivity contribution is 0.102. The summed E-state index contributed by atoms with van der Waals surface area (Å²) in [6.07, 6.45) is 1.15. The van der Waals surface area contributed by atoms with Crippen molar-refractivity contribution < 1.29 is 17.9 Å². The molecule has 0 unspecified atom stereocenters. The molecule has 6 nitrogen and oxygen atoms in total. The molecule has 0 bridgehead atoms. The lowest BCUT2D eigenvalue weighted by atomic mass is 10.2. The molecule has 1 N–H and O–H groups in total. The van der Waals surface area contributed by atoms with E-state index in [0.29, 0.717) is 26.7 Å². The van der Waals surface area contributed by atoms with Gasteiger partial charge in [-0.3, -0.25) is 10.1 Å². The predicted octanol–water partition coefficient (Wildman–Crippen LogP) is 2.96. The summed E-state index contributed by atoms with van der Waals surface area (Å²) in [5.74, 6) is 0.279. The van der Waals surface area contributed by atoms with E-state index in [1.54, 1.807) is 36.4 Å². The number of amides is 1. The van der Waals surface area contributed by atoms with Gasteiger partial charge in [-0.05, 0) is 36.4 Å². The molecule has 1 heterocycles. The van der Waals surface area contributed by atoms with Crippen molar-refractivity contribution in [3.8, 4) is 5.75 Å². The number of carbonyl (C=O) groups excluding carboxylic acids is 1. The lowest BCUT2D eigenvalue weighted by Gasteiger charge is -2.03. The average molecular weight is 362 g/mol. The first kappa shape index (κ1) is 16.4. The Kier molecular flexibility index (Phi) is 4.25. The molecule has 124 valence electrons. The monoisotopic (exact) mass is 362 g/mol. The Morgan fingerprint density at radius 3 is 2.71 bits per heavy atom. The largest absolute Gasteiger partial charge is 0.497 e. The number of benzene rings is 2. The fraction of sp³-hybridized carbons (Fsp3) is 0.125. The maximum atomic E-state index is 12.3. The number of hydrogen-bond donors (Lipinski definition) is 1. The number of fused-ring (bicyclic) bond motifs is 1. The van der Waals surface area contributed by atoms with Gasteiger partial charge in [-0.2, -0.15) is 0 Å². The standard InChI is InChI=1S/C16H14N2O4S2/c1-22-11-5-3-4-10(8-11)15(19)18-16-17-13-7-6-12(24(2,20)21)9-14(13)23-16/h3-9H,1-2H3,(H,17,18,19). The van der Waals surface area contributed by atoms with Crippen LogP contribution in [0.15, 0.2) is 47.4 Å². The number of methoxy groups -OCH3 is 1. The van der Waals surface area contributed by atoms with Crippen LogP contribution in [0.3, 0.4) is 0 Å². The van der Waals surface area contributed by atoms with Gasteiger partial charge in [0.05, 0.1) is 22.2 Å². The fourth-order valence-electron chi connectivity index (χ4n) is 2.12. The number of thiazole rings is 1. The second kappa shape index (κ2) is 6.21. The summed E-state index contributed by atoms with van der Waals surface area (Å²) in [5, 5.41) is 3.13. The topological polar surface area (TPSA) is 85.4 Å². The first-order valence-electron chi connectivity index (χ1n) is 6.93. The molecule has 0 radical (unpaired) electrons. The van der Waals surface area contributed by atoms with Crippen molar-refractivity contribution in [1.82, 2.24) is 4.98 Å². The molecule has 2 aromatic carbocycles. The highest BCUT2D eigenvalue weighted by Gasteiger charge is 2.13. The first-order valence-corrected chi connectivity index (χ1v) is 9.63. The number of nitrogens with one attached hydrogen (secondary N) is 1. The molecular formula is C16H14N2O4S2. The van der Waals surface area contributed by atoms with Gasteiger partial charge in [0.15, 0.2) is 15.0 Å². The minimum absolute atomic E-state index is 0.226. The van der Waals surface area contributed by atoms with Gasteiger partial charge in [-0.25, -0.2) is 13.4 Å². The van der Waals surface area contributed by atoms with E-state index in [2.05, 4.69) is 10.3 Å². The van der Waals surface area contributed by atoms with Crippen molar-refractivity contribution in [2.24, 2.45) is 0 Å². The quantitative estimate of drug-likeness (QED) is 0.771. The van der Waals surface area contributed by atoms with Crippen molar-refractivity contribution in [2.75, 3.05) is 18.7 Å². The summed E-state index contributed by atoms with van der Waals surface area (Å²) in [6.45, 7) is 0. The number of sulfone groups is 1. The van der Waals surface area contributed by atoms with E-state index in [1.165, 1.54) is 24.5 Å². The summed E-state index contributed by atoms with van der Waals surface area (Å²) in [7, 11) is -1.75. The Morgan fingerprint density at radius 1 is 1.21 bits per heavy atom. The van der Waals surface area contributed by atoms with Crippen LogP contribution in [0.4, 0.5) is 5.13 Å². The average Bonchev–Trinajstić information content (AvgIpc) is 2.95. The summed E-state index contributed by atoms with van der Waals surface area (Å²) in [6, 6.07) is 11.5. The lowest BCUT2D eigenvalue weighted by Crippen LogP contribution is -2.11. The van der Waals surface area contributed by atoms with Crippen molar-refractivity contribution in [3.63, 3.8) is 0 Å². The van der Waals surface area contributed by atoms with Gasteiger partial charge in [-0.1, -0.05) is 17.4 Å². The van der Waals surface area contributed by atoms with Crippen LogP contribution in [0.2, 0.25) is 0 Å². The number of nitrogens with zero attached hydrogens (tertiary/aromatic N) is 1. The molecule has 0 aliphatic carbocycles. The highest BCUT2D eigenvalue weighted by molar-refractivity contribution is 7.90. The van der Waals surface area contributed by atoms with Gasteiger partial charge in [0.2, 0.25) is 0 Å². The Balaban J connectivity index is 1.88. The molecule has 8 heteroatoms. The third kappa shape index (κ3) is 3.39. The second-order valence-electron chi connectivity index (χ2n) is 5.11. The first-order chi connectivity index (χ1) is 11.4. The highest BCUT2D eigenvalue weighted by Crippen LogP contribution is 2.28. The number of rotatable bonds is 4. The van der Waals surface area contributed by atoms with Crippen LogP contribution >= 0.6 is 11.3 Å². The molecule has 0 aliphatic heterocycles. The zero-order chi connectivity index (χ0) is 17.3. The van der Waals surface area contributed by atoms with E-state index in [9.17, 15) is 13.2 Å².